The van der Waals surface area contributed by atoms with E-state index < -0.39 is 0 Å². The number of benzene rings is 3. The highest BCUT2D eigenvalue weighted by Crippen LogP contribution is 2.57. The predicted octanol–water partition coefficient (Wildman–Crippen LogP) is 7.04. The Morgan fingerprint density at radius 2 is 1.33 bits per heavy atom. The smallest absolute Gasteiger partial charge is 0.0454 e. The van der Waals surface area contributed by atoms with Crippen LogP contribution in [0.15, 0.2) is 76.1 Å². The summed E-state index contributed by atoms with van der Waals surface area (Å²) in [5.41, 5.74) is 6.88. The number of rotatable bonds is 2. The fourth-order valence-corrected chi connectivity index (χ4v) is 5.43. The highest BCUT2D eigenvalue weighted by atomic mass is 79.9. The normalized spacial score (nSPS) is 19.3. The Kier molecular flexibility index (Phi) is 4.28. The molecular weight excluding hydrogens is 376 g/mol. The first kappa shape index (κ1) is 16.0. The third-order valence-corrected chi connectivity index (χ3v) is 6.61. The SMILES string of the molecule is Cc1ccc(C2Sc3cc(Br)ccc3C2c2ccc(C)cc2)cc1. The Labute approximate surface area is 156 Å². The summed E-state index contributed by atoms with van der Waals surface area (Å²) in [4.78, 5) is 1.39. The minimum atomic E-state index is 0.404. The molecule has 1 aliphatic rings. The molecule has 0 amide bonds. The van der Waals surface area contributed by atoms with Gasteiger partial charge in [0.05, 0.1) is 0 Å². The van der Waals surface area contributed by atoms with Crippen LogP contribution in [-0.4, -0.2) is 0 Å². The van der Waals surface area contributed by atoms with Gasteiger partial charge in [0.1, 0.15) is 0 Å². The van der Waals surface area contributed by atoms with Crippen LogP contribution in [-0.2, 0) is 0 Å². The van der Waals surface area contributed by atoms with Crippen molar-refractivity contribution in [2.75, 3.05) is 0 Å². The minimum absolute atomic E-state index is 0.404. The number of aryl methyl sites for hydroxylation is 2. The lowest BCUT2D eigenvalue weighted by atomic mass is 9.85. The van der Waals surface area contributed by atoms with Crippen LogP contribution in [0.3, 0.4) is 0 Å². The van der Waals surface area contributed by atoms with Crippen LogP contribution in [0, 0.1) is 13.8 Å². The molecule has 1 aliphatic heterocycles. The van der Waals surface area contributed by atoms with Crippen LogP contribution in [0.4, 0.5) is 0 Å². The molecule has 3 aromatic rings. The monoisotopic (exact) mass is 394 g/mol. The molecule has 2 unspecified atom stereocenters. The van der Waals surface area contributed by atoms with Crippen molar-refractivity contribution in [2.24, 2.45) is 0 Å². The molecule has 120 valence electrons. The molecule has 0 bridgehead atoms. The van der Waals surface area contributed by atoms with Gasteiger partial charge in [0, 0.05) is 20.5 Å². The van der Waals surface area contributed by atoms with Crippen molar-refractivity contribution in [1.82, 2.24) is 0 Å². The second kappa shape index (κ2) is 6.42. The zero-order valence-electron chi connectivity index (χ0n) is 13.8. The molecule has 1 heterocycles. The molecule has 3 aromatic carbocycles. The zero-order chi connectivity index (χ0) is 16.7. The van der Waals surface area contributed by atoms with E-state index in [9.17, 15) is 0 Å². The van der Waals surface area contributed by atoms with E-state index in [4.69, 9.17) is 0 Å². The fraction of sp³-hybridized carbons (Fsp3) is 0.182. The Morgan fingerprint density at radius 1 is 0.750 bits per heavy atom. The topological polar surface area (TPSA) is 0 Å². The van der Waals surface area contributed by atoms with Crippen molar-refractivity contribution >= 4 is 27.7 Å². The summed E-state index contributed by atoms with van der Waals surface area (Å²) in [5, 5.41) is 0.428. The van der Waals surface area contributed by atoms with Crippen LogP contribution >= 0.6 is 27.7 Å². The molecule has 2 atom stereocenters. The Balaban J connectivity index is 1.83. The van der Waals surface area contributed by atoms with Gasteiger partial charge in [0.15, 0.2) is 0 Å². The van der Waals surface area contributed by atoms with Crippen LogP contribution < -0.4 is 0 Å². The molecule has 0 spiro atoms. The lowest BCUT2D eigenvalue weighted by Gasteiger charge is -2.21. The maximum atomic E-state index is 3.62. The third kappa shape index (κ3) is 2.94. The van der Waals surface area contributed by atoms with Crippen LogP contribution in [0.1, 0.15) is 39.0 Å². The fourth-order valence-electron chi connectivity index (χ4n) is 3.38. The molecule has 24 heavy (non-hydrogen) atoms. The average Bonchev–Trinajstić information content (AvgIpc) is 2.94. The second-order valence-electron chi connectivity index (χ2n) is 6.52. The summed E-state index contributed by atoms with van der Waals surface area (Å²) in [6.45, 7) is 4.30. The number of hydrogen-bond acceptors (Lipinski definition) is 1. The summed E-state index contributed by atoms with van der Waals surface area (Å²) in [5.74, 6) is 0.404. The van der Waals surface area contributed by atoms with Crippen molar-refractivity contribution in [3.63, 3.8) is 0 Å². The molecule has 0 nitrogen and oxygen atoms in total. The van der Waals surface area contributed by atoms with Crippen LogP contribution in [0.5, 0.6) is 0 Å². The van der Waals surface area contributed by atoms with Crippen molar-refractivity contribution in [1.29, 1.82) is 0 Å². The van der Waals surface area contributed by atoms with Gasteiger partial charge in [0.25, 0.3) is 0 Å². The second-order valence-corrected chi connectivity index (χ2v) is 8.62. The number of fused-ring (bicyclic) bond motifs is 1. The van der Waals surface area contributed by atoms with E-state index in [0.717, 1.165) is 4.47 Å². The molecular formula is C22H19BrS. The number of halogens is 1. The Morgan fingerprint density at radius 3 is 1.96 bits per heavy atom. The molecule has 0 aromatic heterocycles. The van der Waals surface area contributed by atoms with Crippen molar-refractivity contribution in [2.45, 2.75) is 29.9 Å². The molecule has 0 saturated carbocycles. The maximum Gasteiger partial charge on any atom is 0.0454 e. The van der Waals surface area contributed by atoms with E-state index in [1.165, 1.54) is 32.7 Å². The molecule has 0 radical (unpaired) electrons. The van der Waals surface area contributed by atoms with E-state index in [2.05, 4.69) is 96.5 Å². The van der Waals surface area contributed by atoms with E-state index in [-0.39, 0.29) is 0 Å². The van der Waals surface area contributed by atoms with Crippen LogP contribution in [0.2, 0.25) is 0 Å². The van der Waals surface area contributed by atoms with Gasteiger partial charge in [-0.2, -0.15) is 0 Å². The first-order valence-electron chi connectivity index (χ1n) is 8.21. The van der Waals surface area contributed by atoms with Crippen LogP contribution in [0.25, 0.3) is 0 Å². The summed E-state index contributed by atoms with van der Waals surface area (Å²) in [7, 11) is 0. The van der Waals surface area contributed by atoms with Crippen molar-refractivity contribution in [3.8, 4) is 0 Å². The molecule has 4 rings (SSSR count). The highest BCUT2D eigenvalue weighted by molar-refractivity contribution is 9.10. The van der Waals surface area contributed by atoms with E-state index in [0.29, 0.717) is 11.2 Å². The largest absolute Gasteiger partial charge is 0.117 e. The highest BCUT2D eigenvalue weighted by Gasteiger charge is 2.35. The summed E-state index contributed by atoms with van der Waals surface area (Å²) < 4.78 is 1.15. The molecule has 0 aliphatic carbocycles. The minimum Gasteiger partial charge on any atom is -0.117 e. The summed E-state index contributed by atoms with van der Waals surface area (Å²) in [6, 6.07) is 24.8. The Bertz CT molecular complexity index is 865. The quantitative estimate of drug-likeness (QED) is 0.448. The van der Waals surface area contributed by atoms with Crippen molar-refractivity contribution in [3.05, 3.63) is 99.0 Å². The van der Waals surface area contributed by atoms with Crippen molar-refractivity contribution < 1.29 is 0 Å². The molecule has 2 heteroatoms. The van der Waals surface area contributed by atoms with Gasteiger partial charge >= 0.3 is 0 Å². The predicted molar refractivity (Wildman–Crippen MR) is 107 cm³/mol. The van der Waals surface area contributed by atoms with E-state index in [1.54, 1.807) is 0 Å². The van der Waals surface area contributed by atoms with Gasteiger partial charge in [-0.3, -0.25) is 0 Å². The van der Waals surface area contributed by atoms with Gasteiger partial charge in [-0.05, 0) is 42.7 Å². The lowest BCUT2D eigenvalue weighted by Crippen LogP contribution is -2.05. The summed E-state index contributed by atoms with van der Waals surface area (Å²) >= 11 is 5.61. The van der Waals surface area contributed by atoms with Gasteiger partial charge in [-0.1, -0.05) is 81.7 Å². The summed E-state index contributed by atoms with van der Waals surface area (Å²) in [6.07, 6.45) is 0. The van der Waals surface area contributed by atoms with Gasteiger partial charge in [-0.15, -0.1) is 11.8 Å². The first-order chi connectivity index (χ1) is 11.6. The van der Waals surface area contributed by atoms with Gasteiger partial charge in [0.2, 0.25) is 0 Å². The van der Waals surface area contributed by atoms with E-state index >= 15 is 0 Å². The first-order valence-corrected chi connectivity index (χ1v) is 9.88. The maximum absolute atomic E-state index is 3.62. The standard InChI is InChI=1S/C22H19BrS/c1-14-3-7-16(8-4-14)21-19-12-11-18(23)13-20(19)24-22(21)17-9-5-15(2)6-10-17/h3-13,21-22H,1-2H3. The Hall–Kier alpha value is -1.51. The zero-order valence-corrected chi connectivity index (χ0v) is 16.2. The molecule has 0 N–H and O–H groups in total. The van der Waals surface area contributed by atoms with E-state index in [1.807, 2.05) is 11.8 Å². The lowest BCUT2D eigenvalue weighted by molar-refractivity contribution is 0.796. The molecule has 0 fully saturated rings. The van der Waals surface area contributed by atoms with Gasteiger partial charge in [-0.25, -0.2) is 0 Å². The number of thioether (sulfide) groups is 1. The number of hydrogen-bond donors (Lipinski definition) is 0. The van der Waals surface area contributed by atoms with Gasteiger partial charge < -0.3 is 0 Å². The average molecular weight is 395 g/mol. The molecule has 0 saturated heterocycles. The third-order valence-electron chi connectivity index (χ3n) is 4.71.